The third-order valence-corrected chi connectivity index (χ3v) is 3.98. The third-order valence-electron chi connectivity index (χ3n) is 3.69. The number of hydrogen-bond acceptors (Lipinski definition) is 2. The van der Waals surface area contributed by atoms with Gasteiger partial charge < -0.3 is 4.98 Å². The van der Waals surface area contributed by atoms with Crippen LogP contribution in [0.2, 0.25) is 0 Å². The highest BCUT2D eigenvalue weighted by atomic mass is 32.1. The number of hydrogen-bond donors (Lipinski definition) is 1. The SMILES string of the molecule is Cc1ccc2[nH]c(=S)n(-c3cccc4cccnc34)c2c1. The zero-order valence-electron chi connectivity index (χ0n) is 11.5. The van der Waals surface area contributed by atoms with Crippen molar-refractivity contribution in [3.05, 3.63) is 65.1 Å². The number of nitrogens with zero attached hydrogens (tertiary/aromatic N) is 2. The number of aromatic nitrogens is 3. The summed E-state index contributed by atoms with van der Waals surface area (Å²) in [6.45, 7) is 2.08. The van der Waals surface area contributed by atoms with Crippen LogP contribution in [-0.2, 0) is 0 Å². The topological polar surface area (TPSA) is 33.6 Å². The first-order valence-electron chi connectivity index (χ1n) is 6.79. The van der Waals surface area contributed by atoms with E-state index in [0.717, 1.165) is 27.6 Å². The first-order chi connectivity index (χ1) is 10.2. The van der Waals surface area contributed by atoms with Crippen LogP contribution < -0.4 is 0 Å². The lowest BCUT2D eigenvalue weighted by Crippen LogP contribution is -1.96. The minimum Gasteiger partial charge on any atom is -0.330 e. The molecule has 0 unspecified atom stereocenters. The van der Waals surface area contributed by atoms with Crippen molar-refractivity contribution in [2.45, 2.75) is 6.92 Å². The van der Waals surface area contributed by atoms with E-state index in [1.54, 1.807) is 0 Å². The average Bonchev–Trinajstić information content (AvgIpc) is 2.82. The molecule has 0 atom stereocenters. The van der Waals surface area contributed by atoms with E-state index < -0.39 is 0 Å². The molecule has 0 spiro atoms. The zero-order chi connectivity index (χ0) is 14.4. The number of para-hydroxylation sites is 1. The Morgan fingerprint density at radius 3 is 2.86 bits per heavy atom. The van der Waals surface area contributed by atoms with Gasteiger partial charge in [-0.15, -0.1) is 0 Å². The predicted octanol–water partition coefficient (Wildman–Crippen LogP) is 4.54. The van der Waals surface area contributed by atoms with Gasteiger partial charge in [-0.05, 0) is 49.0 Å². The summed E-state index contributed by atoms with van der Waals surface area (Å²) in [5, 5.41) is 1.11. The smallest absolute Gasteiger partial charge is 0.182 e. The zero-order valence-corrected chi connectivity index (χ0v) is 12.3. The Hall–Kier alpha value is -2.46. The summed E-state index contributed by atoms with van der Waals surface area (Å²) in [6.07, 6.45) is 1.82. The molecule has 0 saturated heterocycles. The highest BCUT2D eigenvalue weighted by molar-refractivity contribution is 7.71. The maximum Gasteiger partial charge on any atom is 0.182 e. The molecule has 4 heteroatoms. The Morgan fingerprint density at radius 1 is 1.10 bits per heavy atom. The van der Waals surface area contributed by atoms with Gasteiger partial charge in [-0.25, -0.2) is 0 Å². The van der Waals surface area contributed by atoms with Gasteiger partial charge >= 0.3 is 0 Å². The molecule has 2 heterocycles. The van der Waals surface area contributed by atoms with Crippen molar-refractivity contribution in [2.24, 2.45) is 0 Å². The lowest BCUT2D eigenvalue weighted by atomic mass is 10.1. The van der Waals surface area contributed by atoms with Gasteiger partial charge in [0.2, 0.25) is 0 Å². The molecule has 0 amide bonds. The lowest BCUT2D eigenvalue weighted by molar-refractivity contribution is 1.07. The first kappa shape index (κ1) is 12.3. The summed E-state index contributed by atoms with van der Waals surface area (Å²) in [5.41, 5.74) is 5.29. The van der Waals surface area contributed by atoms with E-state index in [0.29, 0.717) is 4.77 Å². The molecule has 0 aliphatic heterocycles. The first-order valence-corrected chi connectivity index (χ1v) is 7.20. The Balaban J connectivity index is 2.16. The van der Waals surface area contributed by atoms with Crippen molar-refractivity contribution >= 4 is 34.2 Å². The van der Waals surface area contributed by atoms with Crippen molar-refractivity contribution in [2.75, 3.05) is 0 Å². The van der Waals surface area contributed by atoms with E-state index in [4.69, 9.17) is 12.2 Å². The van der Waals surface area contributed by atoms with Crippen LogP contribution in [0.3, 0.4) is 0 Å². The molecular formula is C17H13N3S. The largest absolute Gasteiger partial charge is 0.330 e. The number of imidazole rings is 1. The van der Waals surface area contributed by atoms with Crippen LogP contribution in [0, 0.1) is 11.7 Å². The summed E-state index contributed by atoms with van der Waals surface area (Å²) in [6, 6.07) is 16.5. The Bertz CT molecular complexity index is 1020. The number of fused-ring (bicyclic) bond motifs is 2. The Labute approximate surface area is 126 Å². The van der Waals surface area contributed by atoms with Crippen LogP contribution in [-0.4, -0.2) is 14.5 Å². The van der Waals surface area contributed by atoms with E-state index in [1.165, 1.54) is 5.56 Å². The summed E-state index contributed by atoms with van der Waals surface area (Å²) in [4.78, 5) is 7.79. The molecular weight excluding hydrogens is 278 g/mol. The maximum atomic E-state index is 5.52. The molecule has 0 fully saturated rings. The third kappa shape index (κ3) is 1.87. The molecule has 0 bridgehead atoms. The van der Waals surface area contributed by atoms with Crippen LogP contribution in [0.5, 0.6) is 0 Å². The molecule has 0 radical (unpaired) electrons. The molecule has 2 aromatic carbocycles. The number of rotatable bonds is 1. The van der Waals surface area contributed by atoms with Gasteiger partial charge in [0.25, 0.3) is 0 Å². The van der Waals surface area contributed by atoms with E-state index in [2.05, 4.69) is 57.9 Å². The number of pyridine rings is 1. The van der Waals surface area contributed by atoms with E-state index in [1.807, 2.05) is 18.3 Å². The monoisotopic (exact) mass is 291 g/mol. The van der Waals surface area contributed by atoms with Crippen molar-refractivity contribution < 1.29 is 0 Å². The highest BCUT2D eigenvalue weighted by Crippen LogP contribution is 2.25. The second kappa shape index (κ2) is 4.53. The molecule has 3 nitrogen and oxygen atoms in total. The van der Waals surface area contributed by atoms with Crippen molar-refractivity contribution in [3.63, 3.8) is 0 Å². The minimum atomic E-state index is 0.689. The standard InChI is InChI=1S/C17H13N3S/c1-11-7-8-13-15(10-11)20(17(21)19-13)14-6-2-4-12-5-3-9-18-16(12)14/h2-10H,1H3,(H,19,21). The molecule has 4 rings (SSSR count). The summed E-state index contributed by atoms with van der Waals surface area (Å²) < 4.78 is 2.75. The van der Waals surface area contributed by atoms with Gasteiger partial charge in [0.1, 0.15) is 0 Å². The van der Waals surface area contributed by atoms with Gasteiger partial charge in [0.05, 0.1) is 22.2 Å². The van der Waals surface area contributed by atoms with E-state index in [-0.39, 0.29) is 0 Å². The van der Waals surface area contributed by atoms with Crippen molar-refractivity contribution in [1.82, 2.24) is 14.5 Å². The second-order valence-corrected chi connectivity index (χ2v) is 5.53. The summed E-state index contributed by atoms with van der Waals surface area (Å²) in [5.74, 6) is 0. The van der Waals surface area contributed by atoms with Crippen LogP contribution in [0.25, 0.3) is 27.6 Å². The number of aromatic amines is 1. The minimum absolute atomic E-state index is 0.689. The normalized spacial score (nSPS) is 11.3. The van der Waals surface area contributed by atoms with Gasteiger partial charge in [0, 0.05) is 11.6 Å². The molecule has 0 saturated carbocycles. The van der Waals surface area contributed by atoms with Crippen molar-refractivity contribution in [1.29, 1.82) is 0 Å². The molecule has 0 aliphatic carbocycles. The molecule has 21 heavy (non-hydrogen) atoms. The second-order valence-electron chi connectivity index (χ2n) is 5.14. The van der Waals surface area contributed by atoms with Crippen LogP contribution >= 0.6 is 12.2 Å². The van der Waals surface area contributed by atoms with Crippen LogP contribution in [0.4, 0.5) is 0 Å². The molecule has 102 valence electrons. The number of H-pyrrole nitrogens is 1. The highest BCUT2D eigenvalue weighted by Gasteiger charge is 2.10. The van der Waals surface area contributed by atoms with E-state index >= 15 is 0 Å². The van der Waals surface area contributed by atoms with Gasteiger partial charge in [-0.1, -0.05) is 24.3 Å². The van der Waals surface area contributed by atoms with Crippen LogP contribution in [0.1, 0.15) is 5.56 Å². The summed E-state index contributed by atoms with van der Waals surface area (Å²) in [7, 11) is 0. The average molecular weight is 291 g/mol. The van der Waals surface area contributed by atoms with Crippen molar-refractivity contribution in [3.8, 4) is 5.69 Å². The summed E-state index contributed by atoms with van der Waals surface area (Å²) >= 11 is 5.52. The number of aryl methyl sites for hydroxylation is 1. The maximum absolute atomic E-state index is 5.52. The predicted molar refractivity (Wildman–Crippen MR) is 88.5 cm³/mol. The fourth-order valence-electron chi connectivity index (χ4n) is 2.72. The Kier molecular flexibility index (Phi) is 2.65. The van der Waals surface area contributed by atoms with Gasteiger partial charge in [-0.3, -0.25) is 9.55 Å². The fourth-order valence-corrected chi connectivity index (χ4v) is 3.03. The number of nitrogens with one attached hydrogen (secondary N) is 1. The molecule has 1 N–H and O–H groups in total. The molecule has 4 aromatic rings. The fraction of sp³-hybridized carbons (Fsp3) is 0.0588. The van der Waals surface area contributed by atoms with Gasteiger partial charge in [0.15, 0.2) is 4.77 Å². The van der Waals surface area contributed by atoms with Gasteiger partial charge in [-0.2, -0.15) is 0 Å². The number of benzene rings is 2. The Morgan fingerprint density at radius 2 is 1.95 bits per heavy atom. The molecule has 0 aliphatic rings. The van der Waals surface area contributed by atoms with E-state index in [9.17, 15) is 0 Å². The lowest BCUT2D eigenvalue weighted by Gasteiger charge is -2.08. The van der Waals surface area contributed by atoms with Crippen LogP contribution in [0.15, 0.2) is 54.7 Å². The molecule has 2 aromatic heterocycles. The quantitative estimate of drug-likeness (QED) is 0.522.